The van der Waals surface area contributed by atoms with E-state index in [-0.39, 0.29) is 36.1 Å². The van der Waals surface area contributed by atoms with Gasteiger partial charge in [-0.2, -0.15) is 13.2 Å². The molecule has 1 aromatic heterocycles. The van der Waals surface area contributed by atoms with Crippen LogP contribution < -0.4 is 11.2 Å². The lowest BCUT2D eigenvalue weighted by Gasteiger charge is -2.38. The highest BCUT2D eigenvalue weighted by atomic mass is 19.4. The molecule has 1 unspecified atom stereocenters. The Kier molecular flexibility index (Phi) is 6.36. The van der Waals surface area contributed by atoms with Crippen LogP contribution in [0, 0.1) is 0 Å². The molecule has 2 fully saturated rings. The number of nitrogens with zero attached hydrogens (tertiary/aromatic N) is 3. The van der Waals surface area contributed by atoms with Gasteiger partial charge in [-0.05, 0) is 62.1 Å². The number of hydrogen-bond acceptors (Lipinski definition) is 5. The van der Waals surface area contributed by atoms with Gasteiger partial charge in [-0.25, -0.2) is 14.4 Å². The lowest BCUT2D eigenvalue weighted by molar-refractivity contribution is -0.138. The van der Waals surface area contributed by atoms with E-state index in [1.807, 2.05) is 0 Å². The molecule has 0 spiro atoms. The zero-order chi connectivity index (χ0) is 26.5. The van der Waals surface area contributed by atoms with Crippen LogP contribution in [0.15, 0.2) is 34.0 Å². The first-order chi connectivity index (χ1) is 17.6. The molecule has 5 rings (SSSR count). The molecule has 2 aromatic rings. The van der Waals surface area contributed by atoms with Crippen LogP contribution in [0.25, 0.3) is 0 Å². The molecule has 37 heavy (non-hydrogen) atoms. The monoisotopic (exact) mass is 521 g/mol. The summed E-state index contributed by atoms with van der Waals surface area (Å²) in [5, 5.41) is 9.70. The van der Waals surface area contributed by atoms with Crippen molar-refractivity contribution in [2.75, 3.05) is 13.2 Å². The van der Waals surface area contributed by atoms with E-state index in [0.717, 1.165) is 23.3 Å². The number of carbonyl (C=O) groups excluding carboxylic acids is 1. The van der Waals surface area contributed by atoms with Crippen LogP contribution in [0.1, 0.15) is 77.7 Å². The molecule has 3 aliphatic rings. The molecule has 1 saturated carbocycles. The molecule has 0 radical (unpaired) electrons. The zero-order valence-corrected chi connectivity index (χ0v) is 19.9. The quantitative estimate of drug-likeness (QED) is 0.659. The summed E-state index contributed by atoms with van der Waals surface area (Å²) in [5.74, 6) is -1.51. The van der Waals surface area contributed by atoms with Crippen molar-refractivity contribution >= 4 is 12.1 Å². The van der Waals surface area contributed by atoms with E-state index in [2.05, 4.69) is 0 Å². The minimum absolute atomic E-state index is 0.00983. The van der Waals surface area contributed by atoms with Crippen molar-refractivity contribution in [3.05, 3.63) is 67.5 Å². The second-order valence-corrected chi connectivity index (χ2v) is 9.76. The Morgan fingerprint density at radius 2 is 1.73 bits per heavy atom. The minimum Gasteiger partial charge on any atom is -0.477 e. The number of aromatic nitrogens is 2. The molecule has 0 bridgehead atoms. The van der Waals surface area contributed by atoms with Gasteiger partial charge in [0.15, 0.2) is 0 Å². The Hall–Kier alpha value is -3.57. The molecule has 1 atom stereocenters. The Labute approximate surface area is 209 Å². The van der Waals surface area contributed by atoms with Gasteiger partial charge in [0.05, 0.1) is 18.2 Å². The second-order valence-electron chi connectivity index (χ2n) is 9.76. The normalized spacial score (nSPS) is 24.0. The number of cyclic esters (lactones) is 1. The number of carboxylic acid groups (broad SMARTS) is 1. The summed E-state index contributed by atoms with van der Waals surface area (Å²) in [7, 11) is 0. The first kappa shape index (κ1) is 25.1. The molecule has 1 aromatic carbocycles. The maximum absolute atomic E-state index is 13.6. The van der Waals surface area contributed by atoms with Crippen molar-refractivity contribution in [2.24, 2.45) is 0 Å². The van der Waals surface area contributed by atoms with E-state index in [9.17, 15) is 37.5 Å². The number of alkyl halides is 3. The summed E-state index contributed by atoms with van der Waals surface area (Å²) < 4.78 is 47.8. The van der Waals surface area contributed by atoms with Crippen LogP contribution in [0.2, 0.25) is 0 Å². The van der Waals surface area contributed by atoms with Crippen molar-refractivity contribution < 1.29 is 32.6 Å². The number of ether oxygens (including phenoxy) is 1. The molecule has 2 heterocycles. The predicted octanol–water partition coefficient (Wildman–Crippen LogP) is 3.59. The summed E-state index contributed by atoms with van der Waals surface area (Å²) in [4.78, 5) is 52.4. The fraction of sp³-hybridized carbons (Fsp3) is 0.520. The number of rotatable bonds is 4. The van der Waals surface area contributed by atoms with E-state index in [0.29, 0.717) is 38.8 Å². The SMILES string of the molecule is O=C(O)c1cn(C2CCC(N3CCCOC3=O)CC2)c(=O)n(C2CCc3c2cccc3C(F)(F)F)c1=O. The summed E-state index contributed by atoms with van der Waals surface area (Å²) in [5.41, 5.74) is -2.98. The lowest BCUT2D eigenvalue weighted by atomic mass is 9.89. The van der Waals surface area contributed by atoms with Crippen LogP contribution in [0.5, 0.6) is 0 Å². The van der Waals surface area contributed by atoms with Crippen LogP contribution in [-0.4, -0.2) is 50.4 Å². The van der Waals surface area contributed by atoms with Crippen LogP contribution in [0.3, 0.4) is 0 Å². The first-order valence-electron chi connectivity index (χ1n) is 12.3. The summed E-state index contributed by atoms with van der Waals surface area (Å²) in [6.45, 7) is 0.970. The Bertz CT molecular complexity index is 1360. The van der Waals surface area contributed by atoms with E-state index in [1.165, 1.54) is 16.7 Å². The topological polar surface area (TPSA) is 111 Å². The average Bonchev–Trinajstić information content (AvgIpc) is 3.28. The minimum atomic E-state index is -4.59. The number of amides is 1. The fourth-order valence-electron chi connectivity index (χ4n) is 5.99. The van der Waals surface area contributed by atoms with Gasteiger partial charge in [0.2, 0.25) is 0 Å². The standard InChI is InChI=1S/C25H26F3N3O6/c26-25(27,28)19-4-1-3-17-16(19)9-10-20(17)31-21(32)18(22(33)34)13-30(23(31)35)15-7-5-14(6-8-15)29-11-2-12-37-24(29)36/h1,3-4,13-15,20H,2,5-12H2,(H,33,34). The Balaban J connectivity index is 1.51. The van der Waals surface area contributed by atoms with Crippen molar-refractivity contribution in [2.45, 2.75) is 69.2 Å². The van der Waals surface area contributed by atoms with Gasteiger partial charge < -0.3 is 14.7 Å². The van der Waals surface area contributed by atoms with Gasteiger partial charge >= 0.3 is 23.9 Å². The highest BCUT2D eigenvalue weighted by Crippen LogP contribution is 2.41. The first-order valence-corrected chi connectivity index (χ1v) is 12.3. The third-order valence-corrected chi connectivity index (χ3v) is 7.73. The highest BCUT2D eigenvalue weighted by Gasteiger charge is 2.39. The van der Waals surface area contributed by atoms with E-state index in [1.54, 1.807) is 4.90 Å². The number of benzene rings is 1. The van der Waals surface area contributed by atoms with Gasteiger partial charge in [0.1, 0.15) is 5.56 Å². The number of carbonyl (C=O) groups is 2. The molecular weight excluding hydrogens is 495 g/mol. The van der Waals surface area contributed by atoms with Crippen LogP contribution in [-0.2, 0) is 17.3 Å². The molecule has 9 nitrogen and oxygen atoms in total. The van der Waals surface area contributed by atoms with Crippen molar-refractivity contribution in [1.29, 1.82) is 0 Å². The van der Waals surface area contributed by atoms with Gasteiger partial charge in [0, 0.05) is 24.8 Å². The second kappa shape index (κ2) is 9.38. The maximum Gasteiger partial charge on any atom is 0.416 e. The zero-order valence-electron chi connectivity index (χ0n) is 19.9. The molecule has 12 heteroatoms. The third kappa shape index (κ3) is 4.42. The Morgan fingerprint density at radius 3 is 2.38 bits per heavy atom. The predicted molar refractivity (Wildman–Crippen MR) is 124 cm³/mol. The van der Waals surface area contributed by atoms with Gasteiger partial charge in [-0.3, -0.25) is 13.9 Å². The largest absolute Gasteiger partial charge is 0.477 e. The molecule has 198 valence electrons. The van der Waals surface area contributed by atoms with Gasteiger partial charge in [0.25, 0.3) is 5.56 Å². The maximum atomic E-state index is 13.6. The lowest BCUT2D eigenvalue weighted by Crippen LogP contribution is -2.48. The van der Waals surface area contributed by atoms with Crippen molar-refractivity contribution in [1.82, 2.24) is 14.0 Å². The van der Waals surface area contributed by atoms with Crippen molar-refractivity contribution in [3.63, 3.8) is 0 Å². The van der Waals surface area contributed by atoms with Gasteiger partial charge in [-0.15, -0.1) is 0 Å². The van der Waals surface area contributed by atoms with Crippen molar-refractivity contribution in [3.8, 4) is 0 Å². The average molecular weight is 521 g/mol. The smallest absolute Gasteiger partial charge is 0.416 e. The number of carboxylic acids is 1. The van der Waals surface area contributed by atoms with E-state index in [4.69, 9.17) is 4.74 Å². The number of halogens is 3. The molecule has 1 aliphatic heterocycles. The fourth-order valence-corrected chi connectivity index (χ4v) is 5.99. The van der Waals surface area contributed by atoms with Gasteiger partial charge in [-0.1, -0.05) is 12.1 Å². The number of hydrogen-bond donors (Lipinski definition) is 1. The molecular formula is C25H26F3N3O6. The molecule has 2 aliphatic carbocycles. The summed E-state index contributed by atoms with van der Waals surface area (Å²) >= 11 is 0. The Morgan fingerprint density at radius 1 is 1.03 bits per heavy atom. The van der Waals surface area contributed by atoms with E-state index >= 15 is 0 Å². The molecule has 1 saturated heterocycles. The summed E-state index contributed by atoms with van der Waals surface area (Å²) in [6.07, 6.45) is -1.04. The van der Waals surface area contributed by atoms with Crippen LogP contribution >= 0.6 is 0 Å². The molecule has 1 N–H and O–H groups in total. The number of fused-ring (bicyclic) bond motifs is 1. The number of aromatic carboxylic acids is 1. The van der Waals surface area contributed by atoms with Crippen LogP contribution in [0.4, 0.5) is 18.0 Å². The summed E-state index contributed by atoms with van der Waals surface area (Å²) in [6, 6.07) is 2.17. The molecule has 1 amide bonds. The highest BCUT2D eigenvalue weighted by molar-refractivity contribution is 5.86. The third-order valence-electron chi connectivity index (χ3n) is 7.73. The van der Waals surface area contributed by atoms with E-state index < -0.39 is 46.6 Å².